The van der Waals surface area contributed by atoms with Gasteiger partial charge in [0.1, 0.15) is 0 Å². The Bertz CT molecular complexity index is 249. The lowest BCUT2D eigenvalue weighted by molar-refractivity contribution is 1.09. The Morgan fingerprint density at radius 2 is 1.40 bits per heavy atom. The molecular formula is C6H6N4. The fraction of sp³-hybridized carbons (Fsp3) is 0. The van der Waals surface area contributed by atoms with E-state index in [1.54, 1.807) is 12.4 Å². The first-order chi connectivity index (χ1) is 4.97. The van der Waals surface area contributed by atoms with E-state index in [1.165, 1.54) is 0 Å². The smallest absolute Gasteiger partial charge is 0.0566 e. The molecule has 2 aromatic rings. The summed E-state index contributed by atoms with van der Waals surface area (Å²) in [7, 11) is 0. The second-order valence-corrected chi connectivity index (χ2v) is 1.97. The number of H-pyrrole nitrogens is 2. The zero-order valence-corrected chi connectivity index (χ0v) is 5.20. The van der Waals surface area contributed by atoms with Crippen LogP contribution in [0, 0.1) is 0 Å². The normalized spacial score (nSPS) is 10.0. The van der Waals surface area contributed by atoms with E-state index in [-0.39, 0.29) is 0 Å². The van der Waals surface area contributed by atoms with Gasteiger partial charge in [-0.05, 0) is 0 Å². The molecule has 0 saturated carbocycles. The average Bonchev–Trinajstić information content (AvgIpc) is 2.59. The van der Waals surface area contributed by atoms with Gasteiger partial charge in [0.2, 0.25) is 0 Å². The van der Waals surface area contributed by atoms with E-state index in [0.29, 0.717) is 0 Å². The zero-order chi connectivity index (χ0) is 6.81. The highest BCUT2D eigenvalue weighted by Crippen LogP contribution is 2.13. The van der Waals surface area contributed by atoms with Gasteiger partial charge in [-0.15, -0.1) is 0 Å². The molecule has 0 bridgehead atoms. The van der Waals surface area contributed by atoms with Crippen molar-refractivity contribution in [2.75, 3.05) is 0 Å². The molecular weight excluding hydrogens is 128 g/mol. The Kier molecular flexibility index (Phi) is 1.04. The minimum absolute atomic E-state index is 1.05. The Labute approximate surface area is 57.3 Å². The van der Waals surface area contributed by atoms with E-state index in [1.807, 2.05) is 12.4 Å². The molecule has 2 rings (SSSR count). The number of aromatic nitrogens is 4. The summed E-state index contributed by atoms with van der Waals surface area (Å²) in [6.45, 7) is 0. The van der Waals surface area contributed by atoms with Crippen LogP contribution < -0.4 is 0 Å². The third kappa shape index (κ3) is 0.699. The van der Waals surface area contributed by atoms with E-state index in [9.17, 15) is 0 Å². The molecule has 4 nitrogen and oxygen atoms in total. The van der Waals surface area contributed by atoms with Gasteiger partial charge in [0.25, 0.3) is 0 Å². The SMILES string of the molecule is c1n[nH]cc1-c1cn[nH]c1. The first kappa shape index (κ1) is 5.22. The summed E-state index contributed by atoms with van der Waals surface area (Å²) in [5, 5.41) is 13.1. The highest BCUT2D eigenvalue weighted by Gasteiger charge is 1.96. The molecule has 0 aliphatic heterocycles. The first-order valence-electron chi connectivity index (χ1n) is 2.95. The first-order valence-corrected chi connectivity index (χ1v) is 2.95. The quantitative estimate of drug-likeness (QED) is 0.606. The van der Waals surface area contributed by atoms with E-state index in [4.69, 9.17) is 0 Å². The van der Waals surface area contributed by atoms with Gasteiger partial charge in [-0.3, -0.25) is 10.2 Å². The van der Waals surface area contributed by atoms with E-state index in [2.05, 4.69) is 20.4 Å². The maximum Gasteiger partial charge on any atom is 0.0566 e. The summed E-state index contributed by atoms with van der Waals surface area (Å²) in [5.74, 6) is 0. The molecule has 0 aromatic carbocycles. The second-order valence-electron chi connectivity index (χ2n) is 1.97. The van der Waals surface area contributed by atoms with Gasteiger partial charge in [0.05, 0.1) is 12.4 Å². The molecule has 0 spiro atoms. The van der Waals surface area contributed by atoms with E-state index < -0.39 is 0 Å². The maximum atomic E-state index is 3.81. The molecule has 2 N–H and O–H groups in total. The lowest BCUT2D eigenvalue weighted by atomic mass is 10.2. The molecule has 50 valence electrons. The minimum Gasteiger partial charge on any atom is -0.285 e. The maximum absolute atomic E-state index is 3.81. The number of nitrogens with one attached hydrogen (secondary N) is 2. The molecule has 0 amide bonds. The fourth-order valence-electron chi connectivity index (χ4n) is 0.818. The Hall–Kier alpha value is -1.58. The molecule has 0 saturated heterocycles. The van der Waals surface area contributed by atoms with Crippen molar-refractivity contribution in [2.24, 2.45) is 0 Å². The van der Waals surface area contributed by atoms with Gasteiger partial charge >= 0.3 is 0 Å². The third-order valence-corrected chi connectivity index (χ3v) is 1.33. The van der Waals surface area contributed by atoms with Gasteiger partial charge in [0, 0.05) is 23.5 Å². The Morgan fingerprint density at radius 1 is 0.900 bits per heavy atom. The fourth-order valence-corrected chi connectivity index (χ4v) is 0.818. The van der Waals surface area contributed by atoms with Crippen molar-refractivity contribution in [2.45, 2.75) is 0 Å². The molecule has 0 radical (unpaired) electrons. The predicted molar refractivity (Wildman–Crippen MR) is 36.2 cm³/mol. The van der Waals surface area contributed by atoms with Crippen LogP contribution in [0.15, 0.2) is 24.8 Å². The number of nitrogens with zero attached hydrogens (tertiary/aromatic N) is 2. The average molecular weight is 134 g/mol. The molecule has 4 heteroatoms. The molecule has 2 aromatic heterocycles. The standard InChI is InChI=1S/C6H6N4/c1-5(2-8-7-1)6-3-9-10-4-6/h1-4H,(H,7,8)(H,9,10). The number of hydrogen-bond donors (Lipinski definition) is 2. The summed E-state index contributed by atoms with van der Waals surface area (Å²) < 4.78 is 0. The Balaban J connectivity index is 2.48. The van der Waals surface area contributed by atoms with Gasteiger partial charge < -0.3 is 0 Å². The lowest BCUT2D eigenvalue weighted by Gasteiger charge is -1.82. The van der Waals surface area contributed by atoms with Gasteiger partial charge in [-0.1, -0.05) is 0 Å². The van der Waals surface area contributed by atoms with Crippen molar-refractivity contribution in [3.05, 3.63) is 24.8 Å². The zero-order valence-electron chi connectivity index (χ0n) is 5.20. The van der Waals surface area contributed by atoms with Crippen LogP contribution in [0.25, 0.3) is 11.1 Å². The number of rotatable bonds is 1. The van der Waals surface area contributed by atoms with E-state index >= 15 is 0 Å². The summed E-state index contributed by atoms with van der Waals surface area (Å²) >= 11 is 0. The minimum atomic E-state index is 1.05. The van der Waals surface area contributed by atoms with Crippen LogP contribution in [0.5, 0.6) is 0 Å². The molecule has 2 heterocycles. The highest BCUT2D eigenvalue weighted by molar-refractivity contribution is 5.58. The molecule has 0 fully saturated rings. The Morgan fingerprint density at radius 3 is 1.70 bits per heavy atom. The number of aromatic amines is 2. The molecule has 10 heavy (non-hydrogen) atoms. The monoisotopic (exact) mass is 134 g/mol. The largest absolute Gasteiger partial charge is 0.285 e. The van der Waals surface area contributed by atoms with Crippen LogP contribution >= 0.6 is 0 Å². The summed E-state index contributed by atoms with van der Waals surface area (Å²) in [6, 6.07) is 0. The van der Waals surface area contributed by atoms with Crippen LogP contribution in [-0.4, -0.2) is 20.4 Å². The van der Waals surface area contributed by atoms with Crippen molar-refractivity contribution >= 4 is 0 Å². The van der Waals surface area contributed by atoms with Crippen LogP contribution in [0.4, 0.5) is 0 Å². The molecule has 0 unspecified atom stereocenters. The predicted octanol–water partition coefficient (Wildman–Crippen LogP) is 0.800. The van der Waals surface area contributed by atoms with Crippen LogP contribution in [0.3, 0.4) is 0 Å². The topological polar surface area (TPSA) is 57.4 Å². The van der Waals surface area contributed by atoms with Crippen LogP contribution in [0.1, 0.15) is 0 Å². The van der Waals surface area contributed by atoms with Gasteiger partial charge in [0.15, 0.2) is 0 Å². The third-order valence-electron chi connectivity index (χ3n) is 1.33. The van der Waals surface area contributed by atoms with Crippen molar-refractivity contribution in [3.8, 4) is 11.1 Å². The van der Waals surface area contributed by atoms with Gasteiger partial charge in [-0.25, -0.2) is 0 Å². The number of hydrogen-bond acceptors (Lipinski definition) is 2. The van der Waals surface area contributed by atoms with Crippen molar-refractivity contribution in [1.82, 2.24) is 20.4 Å². The lowest BCUT2D eigenvalue weighted by Crippen LogP contribution is -1.63. The van der Waals surface area contributed by atoms with Gasteiger partial charge in [-0.2, -0.15) is 10.2 Å². The highest BCUT2D eigenvalue weighted by atomic mass is 15.1. The van der Waals surface area contributed by atoms with Crippen molar-refractivity contribution < 1.29 is 0 Å². The summed E-state index contributed by atoms with van der Waals surface area (Å²) in [6.07, 6.45) is 7.16. The second kappa shape index (κ2) is 1.98. The van der Waals surface area contributed by atoms with E-state index in [0.717, 1.165) is 11.1 Å². The van der Waals surface area contributed by atoms with Crippen molar-refractivity contribution in [1.29, 1.82) is 0 Å². The summed E-state index contributed by atoms with van der Waals surface area (Å²) in [4.78, 5) is 0. The molecule has 0 atom stereocenters. The summed E-state index contributed by atoms with van der Waals surface area (Å²) in [5.41, 5.74) is 2.10. The van der Waals surface area contributed by atoms with Crippen LogP contribution in [-0.2, 0) is 0 Å². The molecule has 0 aliphatic carbocycles. The van der Waals surface area contributed by atoms with Crippen LogP contribution in [0.2, 0.25) is 0 Å². The molecule has 0 aliphatic rings. The van der Waals surface area contributed by atoms with Crippen molar-refractivity contribution in [3.63, 3.8) is 0 Å².